The molecule has 0 aliphatic carbocycles. The molecule has 0 radical (unpaired) electrons. The third-order valence-corrected chi connectivity index (χ3v) is 7.97. The molecule has 3 aromatic rings. The summed E-state index contributed by atoms with van der Waals surface area (Å²) < 4.78 is 24.3. The standard InChI is InChI=1S/C40H56N6O8/c1-7-9-11-17-51-33-15-13-27(37(47)45-41)19-29(33)39(49)43-31-21-32(36(54-24-26(5)6)22-35(31)53-23-25(3)4)44-40(50)30-20-28(38(48)46-42)14-16-34(30)52-18-12-10-8-2/h13-16,19-22,25-26H,7-12,17-18,23-24,41-42H2,1-6H3,(H,43,49)(H,44,50)(H,45,47)(H,46,48). The molecule has 0 bridgehead atoms. The number of carbonyl (C=O) groups excluding carboxylic acids is 4. The summed E-state index contributed by atoms with van der Waals surface area (Å²) in [7, 11) is 0. The second-order valence-electron chi connectivity index (χ2n) is 13.6. The van der Waals surface area contributed by atoms with Gasteiger partial charge in [0.25, 0.3) is 23.6 Å². The fourth-order valence-corrected chi connectivity index (χ4v) is 5.07. The topological polar surface area (TPSA) is 205 Å². The van der Waals surface area contributed by atoms with Crippen LogP contribution in [0.15, 0.2) is 48.5 Å². The van der Waals surface area contributed by atoms with Crippen LogP contribution in [0.3, 0.4) is 0 Å². The average molecular weight is 749 g/mol. The van der Waals surface area contributed by atoms with Crippen molar-refractivity contribution in [2.24, 2.45) is 23.5 Å². The quantitative estimate of drug-likeness (QED) is 0.0281. The first-order valence-corrected chi connectivity index (χ1v) is 18.5. The van der Waals surface area contributed by atoms with Crippen LogP contribution in [0.25, 0.3) is 0 Å². The SMILES string of the molecule is CCCCCOc1ccc(C(=O)NN)cc1C(=O)Nc1cc(NC(=O)c2cc(C(=O)NN)ccc2OCCCCC)c(OCC(C)C)cc1OCC(C)C. The fourth-order valence-electron chi connectivity index (χ4n) is 5.07. The van der Waals surface area contributed by atoms with Crippen LogP contribution in [-0.4, -0.2) is 50.1 Å². The molecule has 0 aliphatic heterocycles. The molecule has 4 amide bonds. The highest BCUT2D eigenvalue weighted by Crippen LogP contribution is 2.39. The molecule has 0 spiro atoms. The maximum atomic E-state index is 14.1. The Morgan fingerprint density at radius 2 is 0.944 bits per heavy atom. The smallest absolute Gasteiger partial charge is 0.265 e. The van der Waals surface area contributed by atoms with Crippen LogP contribution in [-0.2, 0) is 0 Å². The lowest BCUT2D eigenvalue weighted by molar-refractivity contribution is 0.0944. The van der Waals surface area contributed by atoms with E-state index >= 15 is 0 Å². The monoisotopic (exact) mass is 748 g/mol. The summed E-state index contributed by atoms with van der Waals surface area (Å²) in [5, 5.41) is 5.80. The molecule has 0 heterocycles. The van der Waals surface area contributed by atoms with Gasteiger partial charge in [0.2, 0.25) is 0 Å². The van der Waals surface area contributed by atoms with E-state index in [-0.39, 0.29) is 68.5 Å². The van der Waals surface area contributed by atoms with Crippen molar-refractivity contribution in [1.29, 1.82) is 0 Å². The van der Waals surface area contributed by atoms with Crippen LogP contribution < -0.4 is 52.1 Å². The minimum Gasteiger partial charge on any atom is -0.493 e. The van der Waals surface area contributed by atoms with E-state index in [2.05, 4.69) is 35.3 Å². The van der Waals surface area contributed by atoms with Crippen molar-refractivity contribution in [2.75, 3.05) is 37.1 Å². The Morgan fingerprint density at radius 3 is 1.30 bits per heavy atom. The van der Waals surface area contributed by atoms with E-state index < -0.39 is 23.6 Å². The first kappa shape index (κ1) is 43.1. The number of nitrogen functional groups attached to an aromatic ring is 2. The number of benzene rings is 3. The maximum Gasteiger partial charge on any atom is 0.265 e. The second-order valence-corrected chi connectivity index (χ2v) is 13.6. The second kappa shape index (κ2) is 22.0. The predicted molar refractivity (Wildman–Crippen MR) is 209 cm³/mol. The molecule has 294 valence electrons. The molecule has 3 aromatic carbocycles. The zero-order valence-electron chi connectivity index (χ0n) is 32.3. The highest BCUT2D eigenvalue weighted by Gasteiger charge is 2.23. The van der Waals surface area contributed by atoms with E-state index in [1.165, 1.54) is 30.3 Å². The van der Waals surface area contributed by atoms with Crippen LogP contribution >= 0.6 is 0 Å². The molecular weight excluding hydrogens is 692 g/mol. The van der Waals surface area contributed by atoms with Gasteiger partial charge in [-0.25, -0.2) is 11.7 Å². The van der Waals surface area contributed by atoms with E-state index in [0.29, 0.717) is 26.4 Å². The molecule has 3 rings (SSSR count). The molecule has 0 saturated heterocycles. The van der Waals surface area contributed by atoms with Gasteiger partial charge in [-0.15, -0.1) is 0 Å². The number of hydrazine groups is 2. The first-order chi connectivity index (χ1) is 25.9. The summed E-state index contributed by atoms with van der Waals surface area (Å²) in [6, 6.07) is 12.1. The number of ether oxygens (including phenoxy) is 4. The van der Waals surface area contributed by atoms with E-state index in [9.17, 15) is 19.2 Å². The average Bonchev–Trinajstić information content (AvgIpc) is 3.16. The lowest BCUT2D eigenvalue weighted by Gasteiger charge is -2.21. The molecule has 0 unspecified atom stereocenters. The normalized spacial score (nSPS) is 10.9. The minimum absolute atomic E-state index is 0.0907. The van der Waals surface area contributed by atoms with Gasteiger partial charge < -0.3 is 29.6 Å². The molecule has 0 aliphatic rings. The Balaban J connectivity index is 2.12. The van der Waals surface area contributed by atoms with Gasteiger partial charge in [-0.3, -0.25) is 30.0 Å². The van der Waals surface area contributed by atoms with Gasteiger partial charge >= 0.3 is 0 Å². The highest BCUT2D eigenvalue weighted by atomic mass is 16.5. The number of carbonyl (C=O) groups is 4. The van der Waals surface area contributed by atoms with Crippen LogP contribution in [0, 0.1) is 11.8 Å². The van der Waals surface area contributed by atoms with Gasteiger partial charge in [0, 0.05) is 17.2 Å². The van der Waals surface area contributed by atoms with Gasteiger partial charge in [-0.2, -0.15) is 0 Å². The third kappa shape index (κ3) is 13.0. The Kier molecular flexibility index (Phi) is 17.6. The van der Waals surface area contributed by atoms with Gasteiger partial charge in [-0.1, -0.05) is 67.2 Å². The molecule has 0 fully saturated rings. The number of rotatable bonds is 22. The Morgan fingerprint density at radius 1 is 0.537 bits per heavy atom. The van der Waals surface area contributed by atoms with E-state index in [4.69, 9.17) is 30.6 Å². The van der Waals surface area contributed by atoms with Crippen molar-refractivity contribution >= 4 is 35.0 Å². The van der Waals surface area contributed by atoms with E-state index in [1.807, 2.05) is 27.7 Å². The van der Waals surface area contributed by atoms with Gasteiger partial charge in [0.05, 0.1) is 48.9 Å². The molecular formula is C40H56N6O8. The van der Waals surface area contributed by atoms with Gasteiger partial charge in [0.15, 0.2) is 0 Å². The van der Waals surface area contributed by atoms with Crippen LogP contribution in [0.4, 0.5) is 11.4 Å². The Bertz CT molecular complexity index is 1610. The zero-order valence-corrected chi connectivity index (χ0v) is 32.3. The molecule has 0 aromatic heterocycles. The minimum atomic E-state index is -0.599. The molecule has 14 nitrogen and oxygen atoms in total. The first-order valence-electron chi connectivity index (χ1n) is 18.5. The predicted octanol–water partition coefficient (Wildman–Crippen LogP) is 6.61. The van der Waals surface area contributed by atoms with Crippen LogP contribution in [0.2, 0.25) is 0 Å². The van der Waals surface area contributed by atoms with Crippen molar-refractivity contribution in [2.45, 2.75) is 80.1 Å². The summed E-state index contributed by atoms with van der Waals surface area (Å²) in [4.78, 5) is 53.0. The lowest BCUT2D eigenvalue weighted by atomic mass is 10.1. The van der Waals surface area contributed by atoms with Gasteiger partial charge in [0.1, 0.15) is 23.0 Å². The van der Waals surface area contributed by atoms with Crippen molar-refractivity contribution < 1.29 is 38.1 Å². The fraction of sp³-hybridized carbons (Fsp3) is 0.450. The number of hydrogen-bond acceptors (Lipinski definition) is 10. The van der Waals surface area contributed by atoms with Crippen molar-refractivity contribution in [3.05, 3.63) is 70.8 Å². The van der Waals surface area contributed by atoms with Crippen LogP contribution in [0.5, 0.6) is 23.0 Å². The number of nitrogens with one attached hydrogen (secondary N) is 4. The lowest BCUT2D eigenvalue weighted by Crippen LogP contribution is -2.30. The molecule has 0 atom stereocenters. The number of unbranched alkanes of at least 4 members (excludes halogenated alkanes) is 4. The maximum absolute atomic E-state index is 14.1. The molecule has 0 saturated carbocycles. The van der Waals surface area contributed by atoms with Gasteiger partial charge in [-0.05, 0) is 67.1 Å². The number of amides is 4. The van der Waals surface area contributed by atoms with E-state index in [1.54, 1.807) is 18.2 Å². The number of anilines is 2. The largest absolute Gasteiger partial charge is 0.493 e. The molecule has 8 N–H and O–H groups in total. The zero-order chi connectivity index (χ0) is 39.6. The van der Waals surface area contributed by atoms with Crippen molar-refractivity contribution in [3.63, 3.8) is 0 Å². The molecule has 54 heavy (non-hydrogen) atoms. The summed E-state index contributed by atoms with van der Waals surface area (Å²) in [5.74, 6) is 9.81. The summed E-state index contributed by atoms with van der Waals surface area (Å²) >= 11 is 0. The van der Waals surface area contributed by atoms with Crippen LogP contribution in [0.1, 0.15) is 121 Å². The van der Waals surface area contributed by atoms with Crippen molar-refractivity contribution in [1.82, 2.24) is 10.9 Å². The summed E-state index contributed by atoms with van der Waals surface area (Å²) in [6.07, 6.45) is 5.43. The van der Waals surface area contributed by atoms with Crippen molar-refractivity contribution in [3.8, 4) is 23.0 Å². The van der Waals surface area contributed by atoms with E-state index in [0.717, 1.165) is 38.5 Å². The summed E-state index contributed by atoms with van der Waals surface area (Å²) in [6.45, 7) is 13.5. The Hall–Kier alpha value is -5.34. The third-order valence-electron chi connectivity index (χ3n) is 7.97. The number of nitrogens with two attached hydrogens (primary N) is 2. The Labute approximate surface area is 317 Å². The molecule has 14 heteroatoms. The summed E-state index contributed by atoms with van der Waals surface area (Å²) in [5.41, 5.74) is 5.10. The highest BCUT2D eigenvalue weighted by molar-refractivity contribution is 6.11. The number of hydrogen-bond donors (Lipinski definition) is 6.